The molecule has 0 fully saturated rings. The fourth-order valence-electron chi connectivity index (χ4n) is 1.52. The summed E-state index contributed by atoms with van der Waals surface area (Å²) >= 11 is 6.42. The van der Waals surface area contributed by atoms with Crippen molar-refractivity contribution in [2.45, 2.75) is 13.0 Å². The highest BCUT2D eigenvalue weighted by molar-refractivity contribution is 9.13. The van der Waals surface area contributed by atoms with Crippen molar-refractivity contribution in [2.24, 2.45) is 0 Å². The van der Waals surface area contributed by atoms with Gasteiger partial charge in [-0.05, 0) is 50.9 Å². The van der Waals surface area contributed by atoms with E-state index in [1.165, 1.54) is 6.07 Å². The zero-order valence-electron chi connectivity index (χ0n) is 8.88. The Morgan fingerprint density at radius 3 is 2.59 bits per heavy atom. The first-order chi connectivity index (χ1) is 7.99. The molecular weight excluding hydrogens is 355 g/mol. The maximum Gasteiger partial charge on any atom is 0.183 e. The van der Waals surface area contributed by atoms with Crippen LogP contribution in [-0.2, 0) is 0 Å². The molecular formula is C12H9Br2FO2. The number of furan rings is 1. The maximum absolute atomic E-state index is 13.6. The Hall–Kier alpha value is -0.650. The molecule has 17 heavy (non-hydrogen) atoms. The van der Waals surface area contributed by atoms with E-state index in [0.717, 1.165) is 5.56 Å². The van der Waals surface area contributed by atoms with Crippen LogP contribution in [0.5, 0.6) is 0 Å². The molecule has 0 amide bonds. The second kappa shape index (κ2) is 4.92. The molecule has 0 aliphatic carbocycles. The Balaban J connectivity index is 2.42. The van der Waals surface area contributed by atoms with Gasteiger partial charge in [0.05, 0.1) is 4.47 Å². The average Bonchev–Trinajstić information content (AvgIpc) is 2.62. The van der Waals surface area contributed by atoms with Gasteiger partial charge in [0.25, 0.3) is 0 Å². The van der Waals surface area contributed by atoms with Crippen LogP contribution in [0.3, 0.4) is 0 Å². The van der Waals surface area contributed by atoms with Crippen molar-refractivity contribution in [3.05, 3.63) is 56.1 Å². The minimum Gasteiger partial charge on any atom is -0.450 e. The lowest BCUT2D eigenvalue weighted by Crippen LogP contribution is -2.01. The molecule has 2 aromatic rings. The number of aryl methyl sites for hydroxylation is 1. The number of aliphatic hydroxyl groups excluding tert-OH is 1. The van der Waals surface area contributed by atoms with Crippen LogP contribution in [0.15, 0.2) is 37.8 Å². The molecule has 1 atom stereocenters. The summed E-state index contributed by atoms with van der Waals surface area (Å²) in [6.45, 7) is 1.84. The molecule has 0 radical (unpaired) electrons. The average molecular weight is 364 g/mol. The third-order valence-corrected chi connectivity index (χ3v) is 4.09. The fourth-order valence-corrected chi connectivity index (χ4v) is 2.13. The van der Waals surface area contributed by atoms with E-state index in [9.17, 15) is 9.50 Å². The highest BCUT2D eigenvalue weighted by Gasteiger charge is 2.20. The molecule has 1 aromatic heterocycles. The molecule has 0 spiro atoms. The smallest absolute Gasteiger partial charge is 0.183 e. The lowest BCUT2D eigenvalue weighted by molar-refractivity contribution is 0.183. The summed E-state index contributed by atoms with van der Waals surface area (Å²) < 4.78 is 20.0. The lowest BCUT2D eigenvalue weighted by Gasteiger charge is -2.09. The maximum atomic E-state index is 13.6. The van der Waals surface area contributed by atoms with Crippen LogP contribution < -0.4 is 0 Å². The highest BCUT2D eigenvalue weighted by atomic mass is 79.9. The van der Waals surface area contributed by atoms with E-state index in [1.54, 1.807) is 18.2 Å². The van der Waals surface area contributed by atoms with Gasteiger partial charge in [0, 0.05) is 5.56 Å². The first-order valence-corrected chi connectivity index (χ1v) is 6.46. The Labute approximate surface area is 115 Å². The van der Waals surface area contributed by atoms with Gasteiger partial charge in [-0.2, -0.15) is 0 Å². The van der Waals surface area contributed by atoms with Crippen molar-refractivity contribution in [1.82, 2.24) is 0 Å². The molecule has 2 rings (SSSR count). The first-order valence-electron chi connectivity index (χ1n) is 4.88. The number of hydrogen-bond acceptors (Lipinski definition) is 2. The molecule has 0 aliphatic rings. The molecule has 0 bridgehead atoms. The number of aliphatic hydroxyl groups is 1. The summed E-state index contributed by atoms with van der Waals surface area (Å²) in [5.74, 6) is -0.167. The molecule has 0 saturated carbocycles. The van der Waals surface area contributed by atoms with Gasteiger partial charge in [0.1, 0.15) is 17.7 Å². The first kappa shape index (κ1) is 12.8. The van der Waals surface area contributed by atoms with Crippen molar-refractivity contribution in [3.63, 3.8) is 0 Å². The zero-order chi connectivity index (χ0) is 12.6. The largest absolute Gasteiger partial charge is 0.450 e. The number of benzene rings is 1. The van der Waals surface area contributed by atoms with Crippen LogP contribution in [0.1, 0.15) is 23.0 Å². The minimum atomic E-state index is -1.11. The van der Waals surface area contributed by atoms with Gasteiger partial charge in [-0.1, -0.05) is 17.7 Å². The molecule has 1 heterocycles. The van der Waals surface area contributed by atoms with E-state index in [1.807, 2.05) is 6.92 Å². The summed E-state index contributed by atoms with van der Waals surface area (Å²) in [6.07, 6.45) is -1.11. The quantitative estimate of drug-likeness (QED) is 0.861. The Morgan fingerprint density at radius 1 is 1.29 bits per heavy atom. The second-order valence-electron chi connectivity index (χ2n) is 3.70. The summed E-state index contributed by atoms with van der Waals surface area (Å²) in [5, 5.41) is 10.1. The van der Waals surface area contributed by atoms with E-state index in [4.69, 9.17) is 4.42 Å². The highest BCUT2D eigenvalue weighted by Crippen LogP contribution is 2.33. The lowest BCUT2D eigenvalue weighted by atomic mass is 10.0. The molecule has 2 nitrogen and oxygen atoms in total. The predicted molar refractivity (Wildman–Crippen MR) is 69.3 cm³/mol. The Kier molecular flexibility index (Phi) is 3.70. The molecule has 1 aromatic carbocycles. The van der Waals surface area contributed by atoms with E-state index < -0.39 is 11.9 Å². The predicted octanol–water partition coefficient (Wildman–Crippen LogP) is 4.33. The van der Waals surface area contributed by atoms with Crippen LogP contribution >= 0.6 is 31.9 Å². The summed E-state index contributed by atoms with van der Waals surface area (Å²) in [4.78, 5) is 0. The van der Waals surface area contributed by atoms with Crippen molar-refractivity contribution in [2.75, 3.05) is 0 Å². The molecule has 0 aliphatic heterocycles. The van der Waals surface area contributed by atoms with Crippen LogP contribution in [-0.4, -0.2) is 5.11 Å². The molecule has 90 valence electrons. The van der Waals surface area contributed by atoms with Crippen molar-refractivity contribution in [1.29, 1.82) is 0 Å². The van der Waals surface area contributed by atoms with Crippen molar-refractivity contribution >= 4 is 31.9 Å². The van der Waals surface area contributed by atoms with Gasteiger partial charge >= 0.3 is 0 Å². The Bertz CT molecular complexity index is 532. The topological polar surface area (TPSA) is 33.4 Å². The van der Waals surface area contributed by atoms with Crippen LogP contribution in [0.25, 0.3) is 0 Å². The van der Waals surface area contributed by atoms with E-state index >= 15 is 0 Å². The SMILES string of the molecule is Cc1ccc(F)c(C(O)c2cc(Br)c(Br)o2)c1. The summed E-state index contributed by atoms with van der Waals surface area (Å²) in [5.41, 5.74) is 1.09. The monoisotopic (exact) mass is 362 g/mol. The summed E-state index contributed by atoms with van der Waals surface area (Å²) in [6, 6.07) is 6.20. The number of rotatable bonds is 2. The molecule has 0 saturated heterocycles. The normalized spacial score (nSPS) is 12.8. The minimum absolute atomic E-state index is 0.207. The van der Waals surface area contributed by atoms with Gasteiger partial charge in [-0.3, -0.25) is 0 Å². The fraction of sp³-hybridized carbons (Fsp3) is 0.167. The summed E-state index contributed by atoms with van der Waals surface area (Å²) in [7, 11) is 0. The third kappa shape index (κ3) is 2.61. The van der Waals surface area contributed by atoms with Crippen molar-refractivity contribution < 1.29 is 13.9 Å². The second-order valence-corrected chi connectivity index (χ2v) is 5.27. The van der Waals surface area contributed by atoms with Crippen LogP contribution in [0.2, 0.25) is 0 Å². The van der Waals surface area contributed by atoms with Gasteiger partial charge in [0.15, 0.2) is 4.67 Å². The van der Waals surface area contributed by atoms with Crippen molar-refractivity contribution in [3.8, 4) is 0 Å². The standard InChI is InChI=1S/C12H9Br2FO2/c1-6-2-3-9(15)7(4-6)11(16)10-5-8(13)12(14)17-10/h2-5,11,16H,1H3. The van der Waals surface area contributed by atoms with E-state index in [-0.39, 0.29) is 11.3 Å². The van der Waals surface area contributed by atoms with Gasteiger partial charge in [0.2, 0.25) is 0 Å². The Morgan fingerprint density at radius 2 is 2.00 bits per heavy atom. The van der Waals surface area contributed by atoms with Crippen LogP contribution in [0.4, 0.5) is 4.39 Å². The van der Waals surface area contributed by atoms with Gasteiger partial charge < -0.3 is 9.52 Å². The number of hydrogen-bond donors (Lipinski definition) is 1. The molecule has 1 N–H and O–H groups in total. The molecule has 1 unspecified atom stereocenters. The zero-order valence-corrected chi connectivity index (χ0v) is 12.0. The van der Waals surface area contributed by atoms with Gasteiger partial charge in [-0.25, -0.2) is 4.39 Å². The van der Waals surface area contributed by atoms with E-state index in [0.29, 0.717) is 9.14 Å². The number of halogens is 3. The third-order valence-electron chi connectivity index (χ3n) is 2.38. The van der Waals surface area contributed by atoms with Crippen LogP contribution in [0, 0.1) is 12.7 Å². The van der Waals surface area contributed by atoms with E-state index in [2.05, 4.69) is 31.9 Å². The molecule has 5 heteroatoms. The van der Waals surface area contributed by atoms with Gasteiger partial charge in [-0.15, -0.1) is 0 Å².